The van der Waals surface area contributed by atoms with Gasteiger partial charge in [0.05, 0.1) is 24.8 Å². The first-order chi connectivity index (χ1) is 15.1. The Morgan fingerprint density at radius 1 is 0.969 bits per heavy atom. The van der Waals surface area contributed by atoms with Gasteiger partial charge in [0.1, 0.15) is 30.0 Å². The smallest absolute Gasteiger partial charge is 0.185 e. The standard InChI is InChI=1S/C20H41N5O7/c1-20(28)8-29-19(14(27)17(20)25-3)32-16-12(23)6-11(22)15(13(16)26)31-18-10(21)5-4-9(30-18)7-24-2/h9-19,24-28H,4-8,21-23H2,1-3H3/t9-,10-,11+,12-,13+,14-,15+,16-,17+,18-,19+,20-/m1/s1. The molecule has 0 aromatic rings. The monoisotopic (exact) mass is 463 g/mol. The molecule has 2 saturated heterocycles. The Bertz CT molecular complexity index is 603. The number of likely N-dealkylation sites (N-methyl/N-ethyl adjacent to an activating group) is 2. The number of rotatable bonds is 7. The van der Waals surface area contributed by atoms with Crippen molar-refractivity contribution in [1.29, 1.82) is 0 Å². The summed E-state index contributed by atoms with van der Waals surface area (Å²) in [5, 5.41) is 38.1. The molecular formula is C20H41N5O7. The Kier molecular flexibility index (Phi) is 8.86. The lowest BCUT2D eigenvalue weighted by Gasteiger charge is -2.48. The molecule has 0 amide bonds. The highest BCUT2D eigenvalue weighted by Gasteiger charge is 2.50. The summed E-state index contributed by atoms with van der Waals surface area (Å²) in [5.41, 5.74) is 17.4. The van der Waals surface area contributed by atoms with Crippen LogP contribution in [-0.4, -0.2) is 115 Å². The molecule has 12 atom stereocenters. The summed E-state index contributed by atoms with van der Waals surface area (Å²) in [6.07, 6.45) is -4.12. The molecule has 3 rings (SSSR count). The van der Waals surface area contributed by atoms with Gasteiger partial charge in [0.15, 0.2) is 12.6 Å². The van der Waals surface area contributed by atoms with E-state index in [0.29, 0.717) is 13.0 Å². The van der Waals surface area contributed by atoms with Crippen molar-refractivity contribution in [3.8, 4) is 0 Å². The molecule has 0 aromatic carbocycles. The second-order valence-electron chi connectivity index (χ2n) is 9.47. The van der Waals surface area contributed by atoms with Crippen LogP contribution in [0.3, 0.4) is 0 Å². The highest BCUT2D eigenvalue weighted by atomic mass is 16.7. The van der Waals surface area contributed by atoms with Crippen molar-refractivity contribution in [2.75, 3.05) is 27.2 Å². The van der Waals surface area contributed by atoms with Crippen LogP contribution in [0.2, 0.25) is 0 Å². The molecule has 1 aliphatic carbocycles. The molecule has 11 N–H and O–H groups in total. The predicted molar refractivity (Wildman–Crippen MR) is 115 cm³/mol. The van der Waals surface area contributed by atoms with E-state index in [0.717, 1.165) is 12.8 Å². The quantitative estimate of drug-likeness (QED) is 0.184. The maximum absolute atomic E-state index is 11.1. The molecule has 2 heterocycles. The van der Waals surface area contributed by atoms with Crippen LogP contribution in [0.15, 0.2) is 0 Å². The second kappa shape index (κ2) is 10.8. The van der Waals surface area contributed by atoms with Crippen LogP contribution in [-0.2, 0) is 18.9 Å². The number of hydrogen-bond donors (Lipinski definition) is 8. The fourth-order valence-corrected chi connectivity index (χ4v) is 4.90. The minimum Gasteiger partial charge on any atom is -0.388 e. The van der Waals surface area contributed by atoms with Gasteiger partial charge in [-0.2, -0.15) is 0 Å². The van der Waals surface area contributed by atoms with Crippen LogP contribution < -0.4 is 27.8 Å². The summed E-state index contributed by atoms with van der Waals surface area (Å²) in [4.78, 5) is 0. The Labute approximate surface area is 189 Å². The van der Waals surface area contributed by atoms with Gasteiger partial charge in [0, 0.05) is 18.6 Å². The lowest BCUT2D eigenvalue weighted by atomic mass is 9.84. The van der Waals surface area contributed by atoms with Crippen molar-refractivity contribution >= 4 is 0 Å². The largest absolute Gasteiger partial charge is 0.388 e. The topological polar surface area (TPSA) is 200 Å². The van der Waals surface area contributed by atoms with Crippen molar-refractivity contribution < 1.29 is 34.3 Å². The van der Waals surface area contributed by atoms with Gasteiger partial charge in [0.25, 0.3) is 0 Å². The summed E-state index contributed by atoms with van der Waals surface area (Å²) in [6.45, 7) is 2.16. The summed E-state index contributed by atoms with van der Waals surface area (Å²) < 4.78 is 23.5. The summed E-state index contributed by atoms with van der Waals surface area (Å²) in [5.74, 6) is 0. The van der Waals surface area contributed by atoms with Crippen LogP contribution >= 0.6 is 0 Å². The highest BCUT2D eigenvalue weighted by molar-refractivity contribution is 5.01. The van der Waals surface area contributed by atoms with E-state index < -0.39 is 60.7 Å². The van der Waals surface area contributed by atoms with Gasteiger partial charge in [-0.1, -0.05) is 0 Å². The molecule has 0 bridgehead atoms. The summed E-state index contributed by atoms with van der Waals surface area (Å²) >= 11 is 0. The number of ether oxygens (including phenoxy) is 4. The zero-order chi connectivity index (χ0) is 23.6. The second-order valence-corrected chi connectivity index (χ2v) is 9.47. The average molecular weight is 464 g/mol. The maximum Gasteiger partial charge on any atom is 0.185 e. The molecule has 0 unspecified atom stereocenters. The molecule has 0 aromatic heterocycles. The highest BCUT2D eigenvalue weighted by Crippen LogP contribution is 2.31. The Morgan fingerprint density at radius 3 is 2.19 bits per heavy atom. The molecule has 3 fully saturated rings. The molecular weight excluding hydrogens is 422 g/mol. The lowest BCUT2D eigenvalue weighted by Crippen LogP contribution is -2.68. The SMILES string of the molecule is CNC[C@H]1CC[C@@H](N)[C@@H](O[C@@H]2[C@H](O)[C@H](O[C@@H]3OC[C@@](C)(O)[C@@H](NC)[C@H]3O)[C@H](N)C[C@@H]2N)O1. The Balaban J connectivity index is 1.67. The zero-order valence-electron chi connectivity index (χ0n) is 19.1. The first-order valence-corrected chi connectivity index (χ1v) is 11.3. The summed E-state index contributed by atoms with van der Waals surface area (Å²) in [7, 11) is 3.47. The van der Waals surface area contributed by atoms with E-state index in [2.05, 4.69) is 10.6 Å². The minimum absolute atomic E-state index is 0.0480. The van der Waals surface area contributed by atoms with Gasteiger partial charge >= 0.3 is 0 Å². The van der Waals surface area contributed by atoms with Crippen molar-refractivity contribution in [2.24, 2.45) is 17.2 Å². The van der Waals surface area contributed by atoms with Crippen LogP contribution in [0.4, 0.5) is 0 Å². The molecule has 1 saturated carbocycles. The molecule has 12 nitrogen and oxygen atoms in total. The minimum atomic E-state index is -1.28. The summed E-state index contributed by atoms with van der Waals surface area (Å²) in [6, 6.07) is -2.20. The van der Waals surface area contributed by atoms with Gasteiger partial charge in [0.2, 0.25) is 0 Å². The first-order valence-electron chi connectivity index (χ1n) is 11.3. The molecule has 2 aliphatic heterocycles. The van der Waals surface area contributed by atoms with Gasteiger partial charge in [-0.25, -0.2) is 0 Å². The molecule has 12 heteroatoms. The normalized spacial score (nSPS) is 50.3. The zero-order valence-corrected chi connectivity index (χ0v) is 19.1. The van der Waals surface area contributed by atoms with E-state index >= 15 is 0 Å². The van der Waals surface area contributed by atoms with E-state index in [1.807, 2.05) is 7.05 Å². The predicted octanol–water partition coefficient (Wildman–Crippen LogP) is -3.72. The Morgan fingerprint density at radius 2 is 1.59 bits per heavy atom. The van der Waals surface area contributed by atoms with Crippen molar-refractivity contribution in [1.82, 2.24) is 10.6 Å². The fourth-order valence-electron chi connectivity index (χ4n) is 4.90. The Hall–Kier alpha value is -0.480. The molecule has 0 spiro atoms. The van der Waals surface area contributed by atoms with E-state index in [1.165, 1.54) is 0 Å². The van der Waals surface area contributed by atoms with Crippen LogP contribution in [0, 0.1) is 0 Å². The van der Waals surface area contributed by atoms with Crippen LogP contribution in [0.5, 0.6) is 0 Å². The van der Waals surface area contributed by atoms with Crippen molar-refractivity contribution in [3.05, 3.63) is 0 Å². The van der Waals surface area contributed by atoms with Gasteiger partial charge < -0.3 is 62.1 Å². The number of aliphatic hydroxyl groups is 3. The number of aliphatic hydroxyl groups excluding tert-OH is 2. The number of nitrogens with two attached hydrogens (primary N) is 3. The molecule has 0 radical (unpaired) electrons. The molecule has 32 heavy (non-hydrogen) atoms. The van der Waals surface area contributed by atoms with Crippen LogP contribution in [0.25, 0.3) is 0 Å². The maximum atomic E-state index is 11.1. The number of hydrogen-bond acceptors (Lipinski definition) is 12. The van der Waals surface area contributed by atoms with Gasteiger partial charge in [-0.3, -0.25) is 0 Å². The van der Waals surface area contributed by atoms with Crippen molar-refractivity contribution in [2.45, 2.75) is 99.1 Å². The first kappa shape index (κ1) is 26.1. The van der Waals surface area contributed by atoms with E-state index in [9.17, 15) is 15.3 Å². The van der Waals surface area contributed by atoms with E-state index in [1.54, 1.807) is 14.0 Å². The molecule has 188 valence electrons. The van der Waals surface area contributed by atoms with Gasteiger partial charge in [-0.05, 0) is 40.3 Å². The average Bonchev–Trinajstić information content (AvgIpc) is 2.72. The third-order valence-corrected chi connectivity index (χ3v) is 6.72. The van der Waals surface area contributed by atoms with E-state index in [-0.39, 0.29) is 18.8 Å². The number of nitrogens with one attached hydrogen (secondary N) is 2. The third-order valence-electron chi connectivity index (χ3n) is 6.72. The van der Waals surface area contributed by atoms with E-state index in [4.69, 9.17) is 36.1 Å². The molecule has 3 aliphatic rings. The van der Waals surface area contributed by atoms with Crippen LogP contribution in [0.1, 0.15) is 26.2 Å². The fraction of sp³-hybridized carbons (Fsp3) is 1.00. The third kappa shape index (κ3) is 5.59. The van der Waals surface area contributed by atoms with Gasteiger partial charge in [-0.15, -0.1) is 0 Å². The lowest BCUT2D eigenvalue weighted by molar-refractivity contribution is -0.306. The van der Waals surface area contributed by atoms with Crippen molar-refractivity contribution in [3.63, 3.8) is 0 Å².